The molecule has 6 heteroatoms. The molecule has 2 aromatic carbocycles. The maximum absolute atomic E-state index is 12.0. The fraction of sp³-hybridized carbons (Fsp3) is 0.375. The number of rotatable bonds is 12. The Morgan fingerprint density at radius 1 is 0.933 bits per heavy atom. The van der Waals surface area contributed by atoms with E-state index in [1.54, 1.807) is 11.8 Å². The number of unbranched alkanes of at least 4 members (excludes halogenated alkanes) is 3. The third-order valence-electron chi connectivity index (χ3n) is 4.81. The second-order valence-corrected chi connectivity index (χ2v) is 8.27. The van der Waals surface area contributed by atoms with Gasteiger partial charge in [0.25, 0.3) is 0 Å². The molecule has 0 aliphatic heterocycles. The quantitative estimate of drug-likeness (QED) is 0.309. The molecule has 3 rings (SSSR count). The Hall–Kier alpha value is -2.60. The maximum atomic E-state index is 12.0. The molecule has 0 fully saturated rings. The molecule has 1 heterocycles. The SMILES string of the molecule is CCCCCCNC(=O)CCCSc1nnc(-c2ccccc2)n1-c1ccccc1. The highest BCUT2D eigenvalue weighted by atomic mass is 32.2. The van der Waals surface area contributed by atoms with E-state index in [4.69, 9.17) is 0 Å². The van der Waals surface area contributed by atoms with Crippen molar-refractivity contribution >= 4 is 17.7 Å². The van der Waals surface area contributed by atoms with Gasteiger partial charge in [0, 0.05) is 30.0 Å². The van der Waals surface area contributed by atoms with E-state index in [1.807, 2.05) is 48.5 Å². The first-order valence-electron chi connectivity index (χ1n) is 10.8. The summed E-state index contributed by atoms with van der Waals surface area (Å²) in [4.78, 5) is 12.0. The number of thioether (sulfide) groups is 1. The molecule has 0 atom stereocenters. The molecule has 3 aromatic rings. The standard InChI is InChI=1S/C24H30N4OS/c1-2-3-4-11-18-25-22(29)17-12-19-30-24-27-26-23(20-13-7-5-8-14-20)28(24)21-15-9-6-10-16-21/h5-10,13-16H,2-4,11-12,17-19H2,1H3,(H,25,29). The van der Waals surface area contributed by atoms with Crippen molar-refractivity contribution in [3.05, 3.63) is 60.7 Å². The zero-order valence-corrected chi connectivity index (χ0v) is 18.4. The molecule has 0 radical (unpaired) electrons. The minimum atomic E-state index is 0.140. The molecule has 0 aliphatic rings. The van der Waals surface area contributed by atoms with Gasteiger partial charge in [0.05, 0.1) is 0 Å². The topological polar surface area (TPSA) is 59.8 Å². The highest BCUT2D eigenvalue weighted by Gasteiger charge is 2.15. The Balaban J connectivity index is 1.57. The Morgan fingerprint density at radius 3 is 2.40 bits per heavy atom. The normalized spacial score (nSPS) is 10.8. The van der Waals surface area contributed by atoms with Gasteiger partial charge >= 0.3 is 0 Å². The Bertz CT molecular complexity index is 896. The first-order valence-corrected chi connectivity index (χ1v) is 11.7. The number of para-hydroxylation sites is 1. The van der Waals surface area contributed by atoms with E-state index in [0.717, 1.165) is 47.4 Å². The molecule has 0 saturated carbocycles. The zero-order valence-electron chi connectivity index (χ0n) is 17.6. The minimum Gasteiger partial charge on any atom is -0.356 e. The number of aromatic nitrogens is 3. The number of carbonyl (C=O) groups excluding carboxylic acids is 1. The molecule has 0 bridgehead atoms. The molecule has 5 nitrogen and oxygen atoms in total. The van der Waals surface area contributed by atoms with Crippen LogP contribution in [0.4, 0.5) is 0 Å². The molecular weight excluding hydrogens is 392 g/mol. The van der Waals surface area contributed by atoms with Crippen molar-refractivity contribution in [2.75, 3.05) is 12.3 Å². The van der Waals surface area contributed by atoms with Gasteiger partial charge in [0.2, 0.25) is 5.91 Å². The molecule has 1 amide bonds. The molecule has 158 valence electrons. The second-order valence-electron chi connectivity index (χ2n) is 7.21. The number of nitrogens with one attached hydrogen (secondary N) is 1. The van der Waals surface area contributed by atoms with Crippen LogP contribution < -0.4 is 5.32 Å². The lowest BCUT2D eigenvalue weighted by Gasteiger charge is -2.10. The Kier molecular flexibility index (Phi) is 8.97. The smallest absolute Gasteiger partial charge is 0.220 e. The van der Waals surface area contributed by atoms with E-state index in [-0.39, 0.29) is 5.91 Å². The third-order valence-corrected chi connectivity index (χ3v) is 5.83. The van der Waals surface area contributed by atoms with Gasteiger partial charge in [-0.25, -0.2) is 0 Å². The van der Waals surface area contributed by atoms with Gasteiger partial charge in [0.15, 0.2) is 11.0 Å². The molecular formula is C24H30N4OS. The van der Waals surface area contributed by atoms with Crippen LogP contribution in [-0.2, 0) is 4.79 Å². The largest absolute Gasteiger partial charge is 0.356 e. The highest BCUT2D eigenvalue weighted by Crippen LogP contribution is 2.28. The van der Waals surface area contributed by atoms with Crippen LogP contribution in [0, 0.1) is 0 Å². The van der Waals surface area contributed by atoms with Gasteiger partial charge in [-0.3, -0.25) is 9.36 Å². The van der Waals surface area contributed by atoms with Crippen molar-refractivity contribution in [1.29, 1.82) is 0 Å². The van der Waals surface area contributed by atoms with Crippen LogP contribution in [0.2, 0.25) is 0 Å². The van der Waals surface area contributed by atoms with Crippen molar-refractivity contribution < 1.29 is 4.79 Å². The van der Waals surface area contributed by atoms with Crippen molar-refractivity contribution in [3.63, 3.8) is 0 Å². The van der Waals surface area contributed by atoms with E-state index in [1.165, 1.54) is 19.3 Å². The molecule has 0 spiro atoms. The summed E-state index contributed by atoms with van der Waals surface area (Å²) in [5, 5.41) is 12.8. The summed E-state index contributed by atoms with van der Waals surface area (Å²) in [5.74, 6) is 1.79. The van der Waals surface area contributed by atoms with Gasteiger partial charge in [-0.15, -0.1) is 10.2 Å². The lowest BCUT2D eigenvalue weighted by molar-refractivity contribution is -0.121. The predicted molar refractivity (Wildman–Crippen MR) is 124 cm³/mol. The average Bonchev–Trinajstić information content (AvgIpc) is 3.22. The number of carbonyl (C=O) groups is 1. The van der Waals surface area contributed by atoms with Gasteiger partial charge in [-0.05, 0) is 25.0 Å². The van der Waals surface area contributed by atoms with Crippen LogP contribution in [0.25, 0.3) is 17.1 Å². The summed E-state index contributed by atoms with van der Waals surface area (Å²) in [6, 6.07) is 20.3. The van der Waals surface area contributed by atoms with E-state index in [2.05, 4.69) is 39.1 Å². The summed E-state index contributed by atoms with van der Waals surface area (Å²) in [6.45, 7) is 2.98. The van der Waals surface area contributed by atoms with Crippen LogP contribution in [0.5, 0.6) is 0 Å². The number of nitrogens with zero attached hydrogens (tertiary/aromatic N) is 3. The summed E-state index contributed by atoms with van der Waals surface area (Å²) < 4.78 is 2.09. The second kappa shape index (κ2) is 12.2. The summed E-state index contributed by atoms with van der Waals surface area (Å²) >= 11 is 1.64. The van der Waals surface area contributed by atoms with Crippen LogP contribution in [0.3, 0.4) is 0 Å². The lowest BCUT2D eigenvalue weighted by atomic mass is 10.2. The molecule has 0 aliphatic carbocycles. The van der Waals surface area contributed by atoms with Gasteiger partial charge in [-0.2, -0.15) is 0 Å². The third kappa shape index (κ3) is 6.46. The lowest BCUT2D eigenvalue weighted by Crippen LogP contribution is -2.24. The van der Waals surface area contributed by atoms with E-state index >= 15 is 0 Å². The first-order chi connectivity index (χ1) is 14.8. The van der Waals surface area contributed by atoms with Gasteiger partial charge in [0.1, 0.15) is 0 Å². The van der Waals surface area contributed by atoms with Crippen molar-refractivity contribution in [1.82, 2.24) is 20.1 Å². The fourth-order valence-corrected chi connectivity index (χ4v) is 4.10. The van der Waals surface area contributed by atoms with Gasteiger partial charge in [-0.1, -0.05) is 86.5 Å². The summed E-state index contributed by atoms with van der Waals surface area (Å²) in [7, 11) is 0. The summed E-state index contributed by atoms with van der Waals surface area (Å²) in [5.41, 5.74) is 2.07. The number of benzene rings is 2. The van der Waals surface area contributed by atoms with E-state index in [0.29, 0.717) is 6.42 Å². The van der Waals surface area contributed by atoms with Crippen LogP contribution >= 0.6 is 11.8 Å². The Morgan fingerprint density at radius 2 is 1.67 bits per heavy atom. The molecule has 0 unspecified atom stereocenters. The molecule has 1 aromatic heterocycles. The van der Waals surface area contributed by atoms with Crippen LogP contribution in [0.15, 0.2) is 65.8 Å². The van der Waals surface area contributed by atoms with Crippen molar-refractivity contribution in [2.24, 2.45) is 0 Å². The van der Waals surface area contributed by atoms with Crippen molar-refractivity contribution in [3.8, 4) is 17.1 Å². The molecule has 1 N–H and O–H groups in total. The first kappa shape index (κ1) is 22.1. The molecule has 30 heavy (non-hydrogen) atoms. The number of amides is 1. The van der Waals surface area contributed by atoms with Crippen LogP contribution in [0.1, 0.15) is 45.4 Å². The highest BCUT2D eigenvalue weighted by molar-refractivity contribution is 7.99. The van der Waals surface area contributed by atoms with Gasteiger partial charge < -0.3 is 5.32 Å². The number of hydrogen-bond acceptors (Lipinski definition) is 4. The maximum Gasteiger partial charge on any atom is 0.220 e. The molecule has 0 saturated heterocycles. The summed E-state index contributed by atoms with van der Waals surface area (Å²) in [6.07, 6.45) is 6.06. The van der Waals surface area contributed by atoms with Crippen LogP contribution in [-0.4, -0.2) is 33.0 Å². The average molecular weight is 423 g/mol. The monoisotopic (exact) mass is 422 g/mol. The van der Waals surface area contributed by atoms with Crippen molar-refractivity contribution in [2.45, 2.75) is 50.6 Å². The fourth-order valence-electron chi connectivity index (χ4n) is 3.21. The minimum absolute atomic E-state index is 0.140. The number of hydrogen-bond donors (Lipinski definition) is 1. The Labute approximate surface area is 183 Å². The zero-order chi connectivity index (χ0) is 21.0. The predicted octanol–water partition coefficient (Wildman–Crippen LogP) is 5.50. The van der Waals surface area contributed by atoms with E-state index < -0.39 is 0 Å². The van der Waals surface area contributed by atoms with E-state index in [9.17, 15) is 4.79 Å².